The minimum atomic E-state index is -0.814. The summed E-state index contributed by atoms with van der Waals surface area (Å²) in [5.41, 5.74) is 1.66. The Morgan fingerprint density at radius 2 is 1.89 bits per heavy atom. The van der Waals surface area contributed by atoms with Gasteiger partial charge in [-0.3, -0.25) is 4.90 Å². The number of benzene rings is 2. The summed E-state index contributed by atoms with van der Waals surface area (Å²) in [5, 5.41) is 16.2. The Balaban J connectivity index is 1.29. The molecule has 1 aromatic heterocycles. The van der Waals surface area contributed by atoms with E-state index >= 15 is 0 Å². The highest BCUT2D eigenvalue weighted by Gasteiger charge is 2.49. The normalized spacial score (nSPS) is 29.0. The number of alkyl halides is 1. The van der Waals surface area contributed by atoms with Gasteiger partial charge in [0.25, 0.3) is 0 Å². The van der Waals surface area contributed by atoms with Crippen molar-refractivity contribution in [1.82, 2.24) is 20.2 Å². The SMILES string of the molecule is N#Cc1c(-c2ccc3ccccc3c2)nc(OC[C@@]23CCCN2C[C@H](F)C3)nc1N1C[C@H]2CC[C@@H](C1)N2. The van der Waals surface area contributed by atoms with Gasteiger partial charge in [0.15, 0.2) is 5.82 Å². The van der Waals surface area contributed by atoms with Gasteiger partial charge in [0, 0.05) is 43.7 Å². The van der Waals surface area contributed by atoms with E-state index in [1.165, 1.54) is 0 Å². The molecule has 0 radical (unpaired) electrons. The summed E-state index contributed by atoms with van der Waals surface area (Å²) in [4.78, 5) is 14.1. The Kier molecular flexibility index (Phi) is 5.52. The first kappa shape index (κ1) is 22.9. The molecular formula is C29H31FN6O. The van der Waals surface area contributed by atoms with Crippen LogP contribution in [0.2, 0.25) is 0 Å². The van der Waals surface area contributed by atoms with E-state index in [0.29, 0.717) is 48.7 Å². The average molecular weight is 499 g/mol. The van der Waals surface area contributed by atoms with Crippen molar-refractivity contribution in [2.24, 2.45) is 0 Å². The molecule has 4 saturated heterocycles. The molecule has 2 aromatic carbocycles. The van der Waals surface area contributed by atoms with Gasteiger partial charge < -0.3 is 15.0 Å². The summed E-state index contributed by atoms with van der Waals surface area (Å²) in [7, 11) is 0. The molecule has 8 heteroatoms. The predicted octanol–water partition coefficient (Wildman–Crippen LogP) is 4.06. The van der Waals surface area contributed by atoms with Crippen LogP contribution < -0.4 is 15.0 Å². The molecule has 4 aliphatic rings. The van der Waals surface area contributed by atoms with Crippen molar-refractivity contribution in [3.05, 3.63) is 48.0 Å². The zero-order chi connectivity index (χ0) is 25.0. The predicted molar refractivity (Wildman–Crippen MR) is 140 cm³/mol. The highest BCUT2D eigenvalue weighted by atomic mass is 19.1. The first-order chi connectivity index (χ1) is 18.1. The van der Waals surface area contributed by atoms with Crippen LogP contribution in [-0.2, 0) is 0 Å². The molecule has 7 nitrogen and oxygen atoms in total. The van der Waals surface area contributed by atoms with E-state index in [-0.39, 0.29) is 11.5 Å². The number of hydrogen-bond donors (Lipinski definition) is 1. The van der Waals surface area contributed by atoms with Crippen molar-refractivity contribution < 1.29 is 9.13 Å². The molecule has 5 heterocycles. The van der Waals surface area contributed by atoms with Crippen LogP contribution >= 0.6 is 0 Å². The number of fused-ring (bicyclic) bond motifs is 4. The molecule has 4 aliphatic heterocycles. The van der Waals surface area contributed by atoms with E-state index in [1.54, 1.807) is 0 Å². The number of halogens is 1. The number of nitrogens with one attached hydrogen (secondary N) is 1. The van der Waals surface area contributed by atoms with Gasteiger partial charge in [0.05, 0.1) is 11.2 Å². The monoisotopic (exact) mass is 498 g/mol. The molecule has 0 aliphatic carbocycles. The van der Waals surface area contributed by atoms with E-state index in [4.69, 9.17) is 14.7 Å². The molecule has 0 unspecified atom stereocenters. The summed E-state index contributed by atoms with van der Waals surface area (Å²) in [5.74, 6) is 0.643. The molecule has 7 rings (SSSR count). The summed E-state index contributed by atoms with van der Waals surface area (Å²) in [6, 6.07) is 17.8. The van der Waals surface area contributed by atoms with Crippen LogP contribution in [0.1, 0.15) is 37.7 Å². The minimum absolute atomic E-state index is 0.270. The highest BCUT2D eigenvalue weighted by Crippen LogP contribution is 2.41. The molecule has 0 spiro atoms. The number of nitrogens with zero attached hydrogens (tertiary/aromatic N) is 5. The van der Waals surface area contributed by atoms with Crippen LogP contribution in [0.25, 0.3) is 22.0 Å². The van der Waals surface area contributed by atoms with Gasteiger partial charge in [0.2, 0.25) is 0 Å². The van der Waals surface area contributed by atoms with Gasteiger partial charge in [-0.25, -0.2) is 4.39 Å². The van der Waals surface area contributed by atoms with Crippen LogP contribution in [0.15, 0.2) is 42.5 Å². The molecule has 37 heavy (non-hydrogen) atoms. The first-order valence-electron chi connectivity index (χ1n) is 13.4. The van der Waals surface area contributed by atoms with Crippen LogP contribution in [0, 0.1) is 11.3 Å². The Morgan fingerprint density at radius 3 is 2.70 bits per heavy atom. The maximum atomic E-state index is 14.3. The number of piperazine rings is 1. The highest BCUT2D eigenvalue weighted by molar-refractivity contribution is 5.88. The van der Waals surface area contributed by atoms with Gasteiger partial charge in [-0.2, -0.15) is 15.2 Å². The van der Waals surface area contributed by atoms with Gasteiger partial charge in [-0.1, -0.05) is 36.4 Å². The molecule has 4 fully saturated rings. The zero-order valence-electron chi connectivity index (χ0n) is 20.9. The molecule has 2 bridgehead atoms. The Bertz CT molecular complexity index is 1380. The van der Waals surface area contributed by atoms with Crippen molar-refractivity contribution >= 4 is 16.6 Å². The number of aromatic nitrogens is 2. The van der Waals surface area contributed by atoms with E-state index in [1.807, 2.05) is 18.2 Å². The van der Waals surface area contributed by atoms with Crippen LogP contribution in [0.5, 0.6) is 6.01 Å². The minimum Gasteiger partial charge on any atom is -0.461 e. The van der Waals surface area contributed by atoms with Crippen LogP contribution in [-0.4, -0.2) is 71.4 Å². The fraction of sp³-hybridized carbons (Fsp3) is 0.483. The lowest BCUT2D eigenvalue weighted by atomic mass is 9.95. The smallest absolute Gasteiger partial charge is 0.319 e. The van der Waals surface area contributed by atoms with Crippen molar-refractivity contribution in [2.45, 2.75) is 55.9 Å². The molecular weight excluding hydrogens is 467 g/mol. The molecule has 190 valence electrons. The van der Waals surface area contributed by atoms with E-state index < -0.39 is 6.17 Å². The lowest BCUT2D eigenvalue weighted by molar-refractivity contribution is 0.107. The van der Waals surface area contributed by atoms with E-state index in [9.17, 15) is 9.65 Å². The number of nitriles is 1. The third-order valence-corrected chi connectivity index (χ3v) is 8.75. The zero-order valence-corrected chi connectivity index (χ0v) is 20.9. The van der Waals surface area contributed by atoms with Gasteiger partial charge in [-0.05, 0) is 49.1 Å². The van der Waals surface area contributed by atoms with Crippen molar-refractivity contribution in [3.8, 4) is 23.3 Å². The molecule has 0 amide bonds. The lowest BCUT2D eigenvalue weighted by Gasteiger charge is -2.34. The quantitative estimate of drug-likeness (QED) is 0.568. The number of ether oxygens (including phenoxy) is 1. The summed E-state index contributed by atoms with van der Waals surface area (Å²) >= 11 is 0. The Labute approximate surface area is 216 Å². The summed E-state index contributed by atoms with van der Waals surface area (Å²) < 4.78 is 20.6. The number of hydrogen-bond acceptors (Lipinski definition) is 7. The first-order valence-corrected chi connectivity index (χ1v) is 13.4. The van der Waals surface area contributed by atoms with E-state index in [2.05, 4.69) is 45.5 Å². The van der Waals surface area contributed by atoms with Crippen molar-refractivity contribution in [1.29, 1.82) is 5.26 Å². The summed E-state index contributed by atoms with van der Waals surface area (Å²) in [6.07, 6.45) is 3.94. The van der Waals surface area contributed by atoms with Crippen LogP contribution in [0.4, 0.5) is 10.2 Å². The Morgan fingerprint density at radius 1 is 1.08 bits per heavy atom. The topological polar surface area (TPSA) is 77.3 Å². The molecule has 0 saturated carbocycles. The molecule has 4 atom stereocenters. The third-order valence-electron chi connectivity index (χ3n) is 8.75. The Hall–Kier alpha value is -3.28. The summed E-state index contributed by atoms with van der Waals surface area (Å²) in [6.45, 7) is 3.37. The fourth-order valence-corrected chi connectivity index (χ4v) is 6.99. The number of anilines is 1. The maximum Gasteiger partial charge on any atom is 0.319 e. The maximum absolute atomic E-state index is 14.3. The molecule has 1 N–H and O–H groups in total. The van der Waals surface area contributed by atoms with E-state index in [0.717, 1.165) is 61.7 Å². The third kappa shape index (κ3) is 4.01. The second-order valence-corrected chi connectivity index (χ2v) is 11.1. The standard InChI is InChI=1S/C29H31FN6O/c30-22-13-29(10-3-11-36(29)15-22)18-37-28-33-26(21-7-6-19-4-1-2-5-20(19)12-21)25(14-31)27(34-28)35-16-23-8-9-24(17-35)32-23/h1-2,4-7,12,22-24,32H,3,8-11,13,15-18H2/t22-,23-,24+,29+/m1/s1. The largest absolute Gasteiger partial charge is 0.461 e. The number of rotatable bonds is 5. The van der Waals surface area contributed by atoms with Crippen molar-refractivity contribution in [2.75, 3.05) is 37.7 Å². The fourth-order valence-electron chi connectivity index (χ4n) is 6.99. The lowest BCUT2D eigenvalue weighted by Crippen LogP contribution is -2.51. The van der Waals surface area contributed by atoms with Gasteiger partial charge in [0.1, 0.15) is 24.4 Å². The second-order valence-electron chi connectivity index (χ2n) is 11.1. The van der Waals surface area contributed by atoms with Gasteiger partial charge >= 0.3 is 6.01 Å². The second kappa shape index (κ2) is 8.93. The van der Waals surface area contributed by atoms with Crippen molar-refractivity contribution in [3.63, 3.8) is 0 Å². The van der Waals surface area contributed by atoms with Gasteiger partial charge in [-0.15, -0.1) is 0 Å². The van der Waals surface area contributed by atoms with Crippen LogP contribution in [0.3, 0.4) is 0 Å². The average Bonchev–Trinajstić information content (AvgIpc) is 3.57. The molecule has 3 aromatic rings.